The molecule has 0 bridgehead atoms. The average molecular weight is 472 g/mol. The molecule has 8 nitrogen and oxygen atoms in total. The van der Waals surface area contributed by atoms with Crippen molar-refractivity contribution in [1.29, 1.82) is 0 Å². The molecule has 0 atom stereocenters. The smallest absolute Gasteiger partial charge is 0.278 e. The van der Waals surface area contributed by atoms with E-state index in [4.69, 9.17) is 4.98 Å². The van der Waals surface area contributed by atoms with Crippen LogP contribution in [0.3, 0.4) is 0 Å². The number of anilines is 2. The summed E-state index contributed by atoms with van der Waals surface area (Å²) >= 11 is 0. The molecule has 1 aliphatic heterocycles. The van der Waals surface area contributed by atoms with E-state index in [0.717, 1.165) is 31.6 Å². The summed E-state index contributed by atoms with van der Waals surface area (Å²) < 4.78 is 18.4. The first-order chi connectivity index (χ1) is 17.1. The SMILES string of the molecule is C=CCn1c(=O)c2cnc(Nc3ccc4c(c3)CNCC4)nc2n1-c1ccnc(C2(F)CCC2)c1. The molecule has 4 aromatic rings. The molecule has 6 rings (SSSR count). The maximum absolute atomic E-state index is 15.1. The number of pyridine rings is 1. The number of halogens is 1. The fraction of sp³-hybridized carbons (Fsp3) is 0.308. The van der Waals surface area contributed by atoms with E-state index in [1.54, 1.807) is 29.1 Å². The van der Waals surface area contributed by atoms with Gasteiger partial charge in [0.1, 0.15) is 5.39 Å². The highest BCUT2D eigenvalue weighted by atomic mass is 19.1. The van der Waals surface area contributed by atoms with Gasteiger partial charge in [0.15, 0.2) is 11.3 Å². The quantitative estimate of drug-likeness (QED) is 0.415. The molecule has 1 fully saturated rings. The van der Waals surface area contributed by atoms with Gasteiger partial charge in [-0.15, -0.1) is 6.58 Å². The first-order valence-corrected chi connectivity index (χ1v) is 11.9. The summed E-state index contributed by atoms with van der Waals surface area (Å²) in [6, 6.07) is 9.71. The Morgan fingerprint density at radius 3 is 2.89 bits per heavy atom. The molecule has 178 valence electrons. The van der Waals surface area contributed by atoms with Gasteiger partial charge in [0, 0.05) is 24.6 Å². The van der Waals surface area contributed by atoms with Crippen molar-refractivity contribution < 1.29 is 4.39 Å². The Bertz CT molecular complexity index is 1500. The van der Waals surface area contributed by atoms with Crippen LogP contribution in [0.2, 0.25) is 0 Å². The van der Waals surface area contributed by atoms with Crippen molar-refractivity contribution in [3.63, 3.8) is 0 Å². The third-order valence-electron chi connectivity index (χ3n) is 6.92. The molecule has 0 radical (unpaired) electrons. The molecule has 3 aromatic heterocycles. The largest absolute Gasteiger partial charge is 0.324 e. The van der Waals surface area contributed by atoms with Crippen molar-refractivity contribution in [2.24, 2.45) is 0 Å². The van der Waals surface area contributed by atoms with E-state index in [2.05, 4.69) is 39.3 Å². The number of fused-ring (bicyclic) bond motifs is 2. The van der Waals surface area contributed by atoms with Crippen molar-refractivity contribution in [1.82, 2.24) is 29.6 Å². The summed E-state index contributed by atoms with van der Waals surface area (Å²) in [6.45, 7) is 5.88. The van der Waals surface area contributed by atoms with Gasteiger partial charge in [0.2, 0.25) is 5.95 Å². The molecular weight excluding hydrogens is 445 g/mol. The molecule has 2 N–H and O–H groups in total. The van der Waals surface area contributed by atoms with Gasteiger partial charge in [0.05, 0.1) is 17.9 Å². The minimum atomic E-state index is -1.41. The van der Waals surface area contributed by atoms with Crippen LogP contribution in [0, 0.1) is 0 Å². The third-order valence-corrected chi connectivity index (χ3v) is 6.92. The molecule has 2 aliphatic rings. The summed E-state index contributed by atoms with van der Waals surface area (Å²) in [6.07, 6.45) is 7.54. The first-order valence-electron chi connectivity index (χ1n) is 11.9. The molecule has 1 saturated carbocycles. The van der Waals surface area contributed by atoms with Gasteiger partial charge in [-0.1, -0.05) is 12.1 Å². The van der Waals surface area contributed by atoms with E-state index < -0.39 is 5.67 Å². The normalized spacial score (nSPS) is 16.5. The van der Waals surface area contributed by atoms with Crippen molar-refractivity contribution in [2.75, 3.05) is 11.9 Å². The highest BCUT2D eigenvalue weighted by Crippen LogP contribution is 2.44. The van der Waals surface area contributed by atoms with Gasteiger partial charge in [-0.2, -0.15) is 4.98 Å². The van der Waals surface area contributed by atoms with Gasteiger partial charge in [0.25, 0.3) is 5.56 Å². The van der Waals surface area contributed by atoms with Gasteiger partial charge in [-0.3, -0.25) is 9.78 Å². The minimum Gasteiger partial charge on any atom is -0.324 e. The van der Waals surface area contributed by atoms with Gasteiger partial charge in [-0.05, 0) is 67.6 Å². The highest BCUT2D eigenvalue weighted by molar-refractivity contribution is 5.77. The molecule has 0 unspecified atom stereocenters. The number of benzene rings is 1. The lowest BCUT2D eigenvalue weighted by Crippen LogP contribution is -2.30. The van der Waals surface area contributed by atoms with Crippen LogP contribution in [0.4, 0.5) is 16.0 Å². The van der Waals surface area contributed by atoms with E-state index in [1.165, 1.54) is 22.0 Å². The molecule has 0 saturated heterocycles. The fourth-order valence-corrected chi connectivity index (χ4v) is 4.86. The van der Waals surface area contributed by atoms with Gasteiger partial charge < -0.3 is 10.6 Å². The van der Waals surface area contributed by atoms with Crippen molar-refractivity contribution in [2.45, 2.75) is 44.4 Å². The highest BCUT2D eigenvalue weighted by Gasteiger charge is 2.40. The third kappa shape index (κ3) is 3.72. The van der Waals surface area contributed by atoms with E-state index in [1.807, 2.05) is 6.07 Å². The van der Waals surface area contributed by atoms with Crippen LogP contribution in [0.25, 0.3) is 16.7 Å². The summed E-state index contributed by atoms with van der Waals surface area (Å²) in [4.78, 5) is 26.6. The van der Waals surface area contributed by atoms with Gasteiger partial charge in [-0.25, -0.2) is 18.7 Å². The van der Waals surface area contributed by atoms with Crippen molar-refractivity contribution in [3.8, 4) is 5.69 Å². The number of hydrogen-bond acceptors (Lipinski definition) is 6. The van der Waals surface area contributed by atoms with E-state index in [-0.39, 0.29) is 12.1 Å². The standard InChI is InChI=1S/C26H26FN7O/c1-2-12-33-24(35)21-16-30-25(31-19-5-4-17-6-10-28-15-18(17)13-19)32-23(21)34(33)20-7-11-29-22(14-20)26(27)8-3-9-26/h2,4-5,7,11,13-14,16,28H,1,3,6,8-10,12,15H2,(H,30,31,32). The Hall–Kier alpha value is -3.85. The molecule has 9 heteroatoms. The molecule has 0 amide bonds. The second kappa shape index (κ2) is 8.42. The topological polar surface area (TPSA) is 89.7 Å². The van der Waals surface area contributed by atoms with Crippen LogP contribution in [0.1, 0.15) is 36.1 Å². The first kappa shape index (κ1) is 21.7. The van der Waals surface area contributed by atoms with Crippen molar-refractivity contribution >= 4 is 22.7 Å². The average Bonchev–Trinajstić information content (AvgIpc) is 3.13. The van der Waals surface area contributed by atoms with Crippen LogP contribution < -0.4 is 16.2 Å². The maximum Gasteiger partial charge on any atom is 0.278 e. The molecular formula is C26H26FN7O. The lowest BCUT2D eigenvalue weighted by molar-refractivity contribution is 0.0560. The van der Waals surface area contributed by atoms with Crippen molar-refractivity contribution in [3.05, 3.63) is 82.6 Å². The number of nitrogens with zero attached hydrogens (tertiary/aromatic N) is 5. The number of allylic oxidation sites excluding steroid dienone is 1. The zero-order valence-corrected chi connectivity index (χ0v) is 19.3. The van der Waals surface area contributed by atoms with Crippen LogP contribution in [0.15, 0.2) is 60.2 Å². The molecule has 4 heterocycles. The molecule has 0 spiro atoms. The van der Waals surface area contributed by atoms with E-state index in [0.29, 0.717) is 41.2 Å². The summed E-state index contributed by atoms with van der Waals surface area (Å²) in [5.74, 6) is 0.376. The zero-order valence-electron chi connectivity index (χ0n) is 19.3. The van der Waals surface area contributed by atoms with Crippen LogP contribution >= 0.6 is 0 Å². The van der Waals surface area contributed by atoms with E-state index >= 15 is 4.39 Å². The Balaban J connectivity index is 1.44. The number of hydrogen-bond donors (Lipinski definition) is 2. The summed E-state index contributed by atoms with van der Waals surface area (Å²) in [5.41, 5.74) is 3.26. The Morgan fingerprint density at radius 1 is 1.20 bits per heavy atom. The lowest BCUT2D eigenvalue weighted by atomic mass is 9.79. The molecule has 1 aromatic carbocycles. The monoisotopic (exact) mass is 471 g/mol. The number of nitrogens with one attached hydrogen (secondary N) is 2. The van der Waals surface area contributed by atoms with Crippen LogP contribution in [-0.2, 0) is 25.2 Å². The van der Waals surface area contributed by atoms with E-state index in [9.17, 15) is 4.79 Å². The maximum atomic E-state index is 15.1. The summed E-state index contributed by atoms with van der Waals surface area (Å²) in [5, 5.41) is 7.04. The second-order valence-electron chi connectivity index (χ2n) is 9.17. The Morgan fingerprint density at radius 2 is 2.09 bits per heavy atom. The molecule has 1 aliphatic carbocycles. The molecule has 35 heavy (non-hydrogen) atoms. The predicted octanol–water partition coefficient (Wildman–Crippen LogP) is 3.90. The van der Waals surface area contributed by atoms with Gasteiger partial charge >= 0.3 is 0 Å². The Labute approximate surface area is 201 Å². The Kier molecular flexibility index (Phi) is 5.21. The van der Waals surface area contributed by atoms with Crippen LogP contribution in [0.5, 0.6) is 0 Å². The second-order valence-corrected chi connectivity index (χ2v) is 9.17. The minimum absolute atomic E-state index is 0.233. The number of aromatic nitrogens is 5. The summed E-state index contributed by atoms with van der Waals surface area (Å²) in [7, 11) is 0. The zero-order chi connectivity index (χ0) is 24.0. The lowest BCUT2D eigenvalue weighted by Gasteiger charge is -2.33. The fourth-order valence-electron chi connectivity index (χ4n) is 4.86. The van der Waals surface area contributed by atoms with Crippen LogP contribution in [-0.4, -0.2) is 30.9 Å². The number of rotatable bonds is 6. The number of alkyl halides is 1. The predicted molar refractivity (Wildman–Crippen MR) is 133 cm³/mol.